The number of para-hydroxylation sites is 1. The number of aryl methyl sites for hydroxylation is 2. The van der Waals surface area contributed by atoms with Crippen LogP contribution in [0.15, 0.2) is 53.2 Å². The third kappa shape index (κ3) is 1.87. The Labute approximate surface area is 130 Å². The Morgan fingerprint density at radius 1 is 1.18 bits per heavy atom. The van der Waals surface area contributed by atoms with E-state index in [1.807, 2.05) is 12.1 Å². The van der Waals surface area contributed by atoms with Crippen LogP contribution >= 0.6 is 0 Å². The minimum atomic E-state index is 0.0947. The van der Waals surface area contributed by atoms with E-state index in [1.165, 1.54) is 22.1 Å². The molecule has 0 unspecified atom stereocenters. The lowest BCUT2D eigenvalue weighted by molar-refractivity contribution is -0.654. The van der Waals surface area contributed by atoms with Crippen molar-refractivity contribution in [3.63, 3.8) is 0 Å². The van der Waals surface area contributed by atoms with E-state index in [0.717, 1.165) is 11.2 Å². The molecule has 0 spiro atoms. The first-order chi connectivity index (χ1) is 10.6. The lowest BCUT2D eigenvalue weighted by atomic mass is 9.52. The summed E-state index contributed by atoms with van der Waals surface area (Å²) in [6, 6.07) is 12.6. The fourth-order valence-corrected chi connectivity index (χ4v) is 3.24. The molecule has 3 nitrogen and oxygen atoms in total. The maximum atomic E-state index is 6.22. The van der Waals surface area contributed by atoms with Crippen LogP contribution in [0.3, 0.4) is 0 Å². The second kappa shape index (κ2) is 4.77. The largest absolute Gasteiger partial charge is 0.467 e. The minimum Gasteiger partial charge on any atom is -0.467 e. The van der Waals surface area contributed by atoms with Gasteiger partial charge < -0.3 is 9.23 Å². The van der Waals surface area contributed by atoms with Gasteiger partial charge in [0.15, 0.2) is 11.8 Å². The summed E-state index contributed by atoms with van der Waals surface area (Å²) in [7, 11) is 4.18. The van der Waals surface area contributed by atoms with Crippen molar-refractivity contribution in [1.29, 1.82) is 0 Å². The summed E-state index contributed by atoms with van der Waals surface area (Å²) in [5.74, 6) is 0. The Balaban J connectivity index is 1.98. The van der Waals surface area contributed by atoms with Gasteiger partial charge in [-0.3, -0.25) is 0 Å². The van der Waals surface area contributed by atoms with Crippen LogP contribution in [0.1, 0.15) is 11.1 Å². The van der Waals surface area contributed by atoms with Crippen LogP contribution in [0.25, 0.3) is 17.0 Å². The van der Waals surface area contributed by atoms with Gasteiger partial charge in [-0.25, -0.2) is 4.57 Å². The van der Waals surface area contributed by atoms with Crippen molar-refractivity contribution in [2.75, 3.05) is 7.05 Å². The maximum Gasteiger partial charge on any atom is 0.443 e. The molecule has 0 N–H and O–H groups in total. The van der Waals surface area contributed by atoms with Crippen LogP contribution < -0.4 is 15.8 Å². The van der Waals surface area contributed by atoms with Gasteiger partial charge in [0, 0.05) is 23.1 Å². The minimum absolute atomic E-state index is 0.0947. The van der Waals surface area contributed by atoms with Crippen molar-refractivity contribution in [2.45, 2.75) is 6.92 Å². The number of furan rings is 1. The van der Waals surface area contributed by atoms with Crippen LogP contribution in [0.2, 0.25) is 0 Å². The van der Waals surface area contributed by atoms with Crippen LogP contribution in [0.5, 0.6) is 0 Å². The molecule has 22 heavy (non-hydrogen) atoms. The molecule has 108 valence electrons. The molecular formula is C18H18BN2O+. The number of nitrogens with zero attached hydrogens (tertiary/aromatic N) is 2. The van der Waals surface area contributed by atoms with Crippen molar-refractivity contribution in [2.24, 2.45) is 7.05 Å². The van der Waals surface area contributed by atoms with E-state index in [4.69, 9.17) is 4.42 Å². The molecule has 0 aliphatic carbocycles. The summed E-state index contributed by atoms with van der Waals surface area (Å²) < 4.78 is 8.39. The predicted molar refractivity (Wildman–Crippen MR) is 90.4 cm³/mol. The molecule has 0 saturated heterocycles. The van der Waals surface area contributed by atoms with E-state index in [0.29, 0.717) is 0 Å². The van der Waals surface area contributed by atoms with Crippen LogP contribution in [-0.4, -0.2) is 18.7 Å². The molecule has 3 aromatic rings. The molecule has 4 heteroatoms. The van der Waals surface area contributed by atoms with Gasteiger partial charge in [0.2, 0.25) is 0 Å². The van der Waals surface area contributed by atoms with E-state index >= 15 is 0 Å². The molecule has 1 aliphatic heterocycles. The van der Waals surface area contributed by atoms with Gasteiger partial charge in [0.05, 0.1) is 0 Å². The molecule has 0 fully saturated rings. The lowest BCUT2D eigenvalue weighted by Gasteiger charge is -2.23. The molecule has 1 aromatic carbocycles. The quantitative estimate of drug-likeness (QED) is 0.501. The topological polar surface area (TPSA) is 20.3 Å². The Morgan fingerprint density at radius 2 is 2.00 bits per heavy atom. The first-order valence-corrected chi connectivity index (χ1v) is 7.53. The number of hydrogen-bond acceptors (Lipinski definition) is 2. The Hall–Kier alpha value is -2.49. The van der Waals surface area contributed by atoms with Gasteiger partial charge in [-0.05, 0) is 37.9 Å². The molecule has 0 amide bonds. The average Bonchev–Trinajstić information content (AvgIpc) is 2.88. The molecule has 0 bridgehead atoms. The van der Waals surface area contributed by atoms with E-state index in [-0.39, 0.29) is 6.85 Å². The Bertz CT molecular complexity index is 897. The molecule has 2 aromatic heterocycles. The molecule has 0 radical (unpaired) electrons. The third-order valence-electron chi connectivity index (χ3n) is 4.42. The SMILES string of the molecule is Cc1cc[n+](C)c(B2c3oc4ccccc4c3C=CN2C)c1. The summed E-state index contributed by atoms with van der Waals surface area (Å²) >= 11 is 0. The fourth-order valence-electron chi connectivity index (χ4n) is 3.24. The number of rotatable bonds is 1. The van der Waals surface area contributed by atoms with Crippen LogP contribution in [-0.2, 0) is 7.05 Å². The molecule has 0 saturated carbocycles. The van der Waals surface area contributed by atoms with Crippen molar-refractivity contribution in [3.05, 3.63) is 59.9 Å². The van der Waals surface area contributed by atoms with E-state index < -0.39 is 0 Å². The Morgan fingerprint density at radius 3 is 2.86 bits per heavy atom. The molecule has 4 rings (SSSR count). The molecular weight excluding hydrogens is 271 g/mol. The normalized spacial score (nSPS) is 13.8. The molecule has 0 atom stereocenters. The highest BCUT2D eigenvalue weighted by Crippen LogP contribution is 2.23. The summed E-state index contributed by atoms with van der Waals surface area (Å²) in [6.07, 6.45) is 6.39. The smallest absolute Gasteiger partial charge is 0.443 e. The van der Waals surface area contributed by atoms with Crippen molar-refractivity contribution >= 4 is 35.1 Å². The highest BCUT2D eigenvalue weighted by molar-refractivity contribution is 6.82. The number of pyridine rings is 1. The van der Waals surface area contributed by atoms with Gasteiger partial charge in [-0.15, -0.1) is 0 Å². The second-order valence-electron chi connectivity index (χ2n) is 6.00. The number of hydrogen-bond donors (Lipinski definition) is 0. The van der Waals surface area contributed by atoms with Gasteiger partial charge in [0.1, 0.15) is 18.3 Å². The first kappa shape index (κ1) is 13.2. The number of fused-ring (bicyclic) bond motifs is 3. The van der Waals surface area contributed by atoms with E-state index in [2.05, 4.69) is 73.1 Å². The highest BCUT2D eigenvalue weighted by atomic mass is 16.3. The van der Waals surface area contributed by atoms with Gasteiger partial charge in [-0.2, -0.15) is 0 Å². The lowest BCUT2D eigenvalue weighted by Crippen LogP contribution is -2.65. The zero-order chi connectivity index (χ0) is 15.3. The Kier molecular flexibility index (Phi) is 2.86. The van der Waals surface area contributed by atoms with Crippen LogP contribution in [0, 0.1) is 6.92 Å². The molecule has 3 heterocycles. The average molecular weight is 289 g/mol. The first-order valence-electron chi connectivity index (χ1n) is 7.53. The monoisotopic (exact) mass is 289 g/mol. The highest BCUT2D eigenvalue weighted by Gasteiger charge is 2.39. The standard InChI is InChI=1S/C18H18BN2O/c1-13-8-10-20(2)17(12-13)19-18-15(9-11-21(19)3)14-6-4-5-7-16(14)22-18/h4-12H,1-3H3/q+1. The summed E-state index contributed by atoms with van der Waals surface area (Å²) in [6.45, 7) is 2.22. The summed E-state index contributed by atoms with van der Waals surface area (Å²) in [5.41, 5.74) is 5.65. The summed E-state index contributed by atoms with van der Waals surface area (Å²) in [4.78, 5) is 2.21. The third-order valence-corrected chi connectivity index (χ3v) is 4.42. The summed E-state index contributed by atoms with van der Waals surface area (Å²) in [5, 5.41) is 1.18. The fraction of sp³-hybridized carbons (Fsp3) is 0.167. The molecule has 1 aliphatic rings. The van der Waals surface area contributed by atoms with Gasteiger partial charge in [0.25, 0.3) is 0 Å². The second-order valence-corrected chi connectivity index (χ2v) is 6.00. The van der Waals surface area contributed by atoms with E-state index in [1.54, 1.807) is 0 Å². The van der Waals surface area contributed by atoms with Crippen molar-refractivity contribution < 1.29 is 8.98 Å². The van der Waals surface area contributed by atoms with E-state index in [9.17, 15) is 0 Å². The van der Waals surface area contributed by atoms with Crippen LogP contribution in [0.4, 0.5) is 0 Å². The zero-order valence-corrected chi connectivity index (χ0v) is 13.1. The van der Waals surface area contributed by atoms with Crippen molar-refractivity contribution in [1.82, 2.24) is 4.81 Å². The van der Waals surface area contributed by atoms with Crippen molar-refractivity contribution in [3.8, 4) is 0 Å². The van der Waals surface area contributed by atoms with Gasteiger partial charge >= 0.3 is 6.85 Å². The van der Waals surface area contributed by atoms with Gasteiger partial charge in [-0.1, -0.05) is 18.2 Å². The number of benzene rings is 1. The zero-order valence-electron chi connectivity index (χ0n) is 13.1. The maximum absolute atomic E-state index is 6.22. The predicted octanol–water partition coefficient (Wildman–Crippen LogP) is 1.59. The number of aromatic nitrogens is 1.